The number of hydrogen-bond acceptors (Lipinski definition) is 2. The summed E-state index contributed by atoms with van der Waals surface area (Å²) in [7, 11) is -3.30. The SMILES string of the molecule is C/C(=C\S(=O)(=O)c1ccccc1)CCCl. The molecule has 0 saturated heterocycles. The monoisotopic (exact) mass is 244 g/mol. The van der Waals surface area contributed by atoms with Gasteiger partial charge in [-0.25, -0.2) is 8.42 Å². The highest BCUT2D eigenvalue weighted by molar-refractivity contribution is 7.94. The van der Waals surface area contributed by atoms with Crippen LogP contribution in [0.2, 0.25) is 0 Å². The first kappa shape index (κ1) is 12.3. The Bertz CT molecular complexity index is 435. The lowest BCUT2D eigenvalue weighted by atomic mass is 10.3. The summed E-state index contributed by atoms with van der Waals surface area (Å²) in [5.41, 5.74) is 0.772. The van der Waals surface area contributed by atoms with Gasteiger partial charge in [-0.2, -0.15) is 0 Å². The van der Waals surface area contributed by atoms with Crippen molar-refractivity contribution in [3.63, 3.8) is 0 Å². The predicted molar refractivity (Wildman–Crippen MR) is 62.7 cm³/mol. The topological polar surface area (TPSA) is 34.1 Å². The summed E-state index contributed by atoms with van der Waals surface area (Å²) in [5.74, 6) is 0.437. The number of rotatable bonds is 4. The van der Waals surface area contributed by atoms with Crippen molar-refractivity contribution >= 4 is 21.4 Å². The van der Waals surface area contributed by atoms with Crippen LogP contribution in [0, 0.1) is 0 Å². The van der Waals surface area contributed by atoms with Gasteiger partial charge in [-0.15, -0.1) is 11.6 Å². The van der Waals surface area contributed by atoms with E-state index in [1.807, 2.05) is 0 Å². The first-order chi connectivity index (χ1) is 7.06. The number of halogens is 1. The van der Waals surface area contributed by atoms with Crippen LogP contribution in [0.5, 0.6) is 0 Å². The highest BCUT2D eigenvalue weighted by Gasteiger charge is 2.10. The van der Waals surface area contributed by atoms with E-state index in [2.05, 4.69) is 0 Å². The first-order valence-electron chi connectivity index (χ1n) is 4.59. The molecular weight excluding hydrogens is 232 g/mol. The summed E-state index contributed by atoms with van der Waals surface area (Å²) in [6.45, 7) is 1.77. The van der Waals surface area contributed by atoms with E-state index in [1.165, 1.54) is 5.41 Å². The van der Waals surface area contributed by atoms with Crippen molar-refractivity contribution in [1.29, 1.82) is 0 Å². The molecule has 0 unspecified atom stereocenters. The Morgan fingerprint density at radius 2 is 1.93 bits per heavy atom. The number of allylic oxidation sites excluding steroid dienone is 1. The van der Waals surface area contributed by atoms with Crippen molar-refractivity contribution in [2.24, 2.45) is 0 Å². The number of alkyl halides is 1. The Kier molecular flexibility index (Phi) is 4.36. The Labute approximate surface area is 95.5 Å². The van der Waals surface area contributed by atoms with Gasteiger partial charge in [-0.05, 0) is 25.5 Å². The molecule has 0 atom stereocenters. The summed E-state index contributed by atoms with van der Waals surface area (Å²) >= 11 is 5.54. The molecule has 0 aliphatic carbocycles. The minimum Gasteiger partial charge on any atom is -0.219 e. The van der Waals surface area contributed by atoms with Crippen molar-refractivity contribution in [2.75, 3.05) is 5.88 Å². The maximum atomic E-state index is 11.8. The maximum absolute atomic E-state index is 11.8. The standard InChI is InChI=1S/C11H13ClO2S/c1-10(7-8-12)9-15(13,14)11-5-3-2-4-6-11/h2-6,9H,7-8H2,1H3/b10-9+. The van der Waals surface area contributed by atoms with Crippen molar-refractivity contribution in [2.45, 2.75) is 18.2 Å². The summed E-state index contributed by atoms with van der Waals surface area (Å²) in [5, 5.41) is 1.28. The second kappa shape index (κ2) is 5.33. The van der Waals surface area contributed by atoms with Crippen LogP contribution >= 0.6 is 11.6 Å². The van der Waals surface area contributed by atoms with E-state index in [9.17, 15) is 8.42 Å². The van der Waals surface area contributed by atoms with Crippen LogP contribution in [0.1, 0.15) is 13.3 Å². The molecule has 0 aromatic heterocycles. The Morgan fingerprint density at radius 3 is 2.47 bits per heavy atom. The van der Waals surface area contributed by atoms with Crippen LogP contribution in [0.25, 0.3) is 0 Å². The van der Waals surface area contributed by atoms with Crippen LogP contribution in [0.3, 0.4) is 0 Å². The smallest absolute Gasteiger partial charge is 0.199 e. The fourth-order valence-corrected chi connectivity index (χ4v) is 2.77. The van der Waals surface area contributed by atoms with E-state index in [0.717, 1.165) is 5.57 Å². The largest absolute Gasteiger partial charge is 0.219 e. The van der Waals surface area contributed by atoms with E-state index in [-0.39, 0.29) is 0 Å². The molecule has 0 radical (unpaired) electrons. The quantitative estimate of drug-likeness (QED) is 0.763. The molecule has 0 saturated carbocycles. The van der Waals surface area contributed by atoms with E-state index < -0.39 is 9.84 Å². The molecule has 0 heterocycles. The molecule has 0 amide bonds. The van der Waals surface area contributed by atoms with Crippen LogP contribution in [0.15, 0.2) is 46.2 Å². The minimum atomic E-state index is -3.30. The molecule has 15 heavy (non-hydrogen) atoms. The average Bonchev–Trinajstić information content (AvgIpc) is 2.18. The van der Waals surface area contributed by atoms with E-state index in [1.54, 1.807) is 37.3 Å². The number of sulfone groups is 1. The normalized spacial score (nSPS) is 12.8. The third-order valence-corrected chi connectivity index (χ3v) is 3.75. The van der Waals surface area contributed by atoms with Gasteiger partial charge in [-0.1, -0.05) is 23.8 Å². The molecule has 0 bridgehead atoms. The second-order valence-corrected chi connectivity index (χ2v) is 5.44. The van der Waals surface area contributed by atoms with E-state index in [0.29, 0.717) is 17.2 Å². The van der Waals surface area contributed by atoms with Gasteiger partial charge < -0.3 is 0 Å². The first-order valence-corrected chi connectivity index (χ1v) is 6.67. The van der Waals surface area contributed by atoms with Crippen molar-refractivity contribution in [3.05, 3.63) is 41.3 Å². The van der Waals surface area contributed by atoms with Gasteiger partial charge in [0, 0.05) is 11.3 Å². The van der Waals surface area contributed by atoms with E-state index >= 15 is 0 Å². The Hall–Kier alpha value is -0.800. The summed E-state index contributed by atoms with van der Waals surface area (Å²) in [6, 6.07) is 8.36. The maximum Gasteiger partial charge on any atom is 0.199 e. The molecule has 4 heteroatoms. The van der Waals surface area contributed by atoms with Crippen LogP contribution < -0.4 is 0 Å². The lowest BCUT2D eigenvalue weighted by Gasteiger charge is -2.00. The van der Waals surface area contributed by atoms with Gasteiger partial charge in [-0.3, -0.25) is 0 Å². The number of benzene rings is 1. The molecule has 1 aromatic rings. The zero-order valence-corrected chi connectivity index (χ0v) is 10.1. The van der Waals surface area contributed by atoms with Crippen LogP contribution in [0.4, 0.5) is 0 Å². The predicted octanol–water partition coefficient (Wildman–Crippen LogP) is 2.99. The van der Waals surface area contributed by atoms with Gasteiger partial charge in [0.05, 0.1) is 4.90 Å². The minimum absolute atomic E-state index is 0.318. The molecule has 0 spiro atoms. The van der Waals surface area contributed by atoms with Crippen LogP contribution in [-0.2, 0) is 9.84 Å². The summed E-state index contributed by atoms with van der Waals surface area (Å²) in [4.78, 5) is 0.318. The van der Waals surface area contributed by atoms with Gasteiger partial charge >= 0.3 is 0 Å². The van der Waals surface area contributed by atoms with Gasteiger partial charge in [0.1, 0.15) is 0 Å². The van der Waals surface area contributed by atoms with E-state index in [4.69, 9.17) is 11.6 Å². The summed E-state index contributed by atoms with van der Waals surface area (Å²) in [6.07, 6.45) is 0.591. The van der Waals surface area contributed by atoms with Gasteiger partial charge in [0.15, 0.2) is 9.84 Å². The van der Waals surface area contributed by atoms with Crippen LogP contribution in [-0.4, -0.2) is 14.3 Å². The fourth-order valence-electron chi connectivity index (χ4n) is 1.15. The highest BCUT2D eigenvalue weighted by Crippen LogP contribution is 2.14. The molecule has 1 rings (SSSR count). The third-order valence-electron chi connectivity index (χ3n) is 1.92. The molecule has 0 N–H and O–H groups in total. The molecule has 1 aromatic carbocycles. The third kappa shape index (κ3) is 3.68. The lowest BCUT2D eigenvalue weighted by molar-refractivity contribution is 0.604. The van der Waals surface area contributed by atoms with Crippen molar-refractivity contribution < 1.29 is 8.42 Å². The molecule has 0 aliphatic rings. The van der Waals surface area contributed by atoms with Crippen molar-refractivity contribution in [3.8, 4) is 0 Å². The Balaban J connectivity index is 3.00. The lowest BCUT2D eigenvalue weighted by Crippen LogP contribution is -1.97. The zero-order valence-electron chi connectivity index (χ0n) is 8.48. The second-order valence-electron chi connectivity index (χ2n) is 3.26. The highest BCUT2D eigenvalue weighted by atomic mass is 35.5. The van der Waals surface area contributed by atoms with Gasteiger partial charge in [0.25, 0.3) is 0 Å². The zero-order chi connectivity index (χ0) is 11.3. The molecule has 2 nitrogen and oxygen atoms in total. The number of hydrogen-bond donors (Lipinski definition) is 0. The average molecular weight is 245 g/mol. The van der Waals surface area contributed by atoms with Crippen molar-refractivity contribution in [1.82, 2.24) is 0 Å². The fraction of sp³-hybridized carbons (Fsp3) is 0.273. The Morgan fingerprint density at radius 1 is 1.33 bits per heavy atom. The summed E-state index contributed by atoms with van der Waals surface area (Å²) < 4.78 is 23.6. The molecule has 0 aliphatic heterocycles. The molecule has 82 valence electrons. The van der Waals surface area contributed by atoms with Gasteiger partial charge in [0.2, 0.25) is 0 Å². The molecule has 0 fully saturated rings. The molecular formula is C11H13ClO2S.